The number of ether oxygens (including phenoxy) is 4. The van der Waals surface area contributed by atoms with E-state index in [-0.39, 0.29) is 17.9 Å². The van der Waals surface area contributed by atoms with Crippen LogP contribution in [0, 0.1) is 13.8 Å². The molecule has 0 radical (unpaired) electrons. The quantitative estimate of drug-likeness (QED) is 0.166. The molecule has 5 aromatic rings. The van der Waals surface area contributed by atoms with E-state index in [1.807, 2.05) is 54.8 Å². The fourth-order valence-corrected chi connectivity index (χ4v) is 5.99. The molecule has 2 aliphatic carbocycles. The number of methoxy groups -OCH3 is 4. The van der Waals surface area contributed by atoms with Gasteiger partial charge < -0.3 is 18.9 Å². The van der Waals surface area contributed by atoms with Gasteiger partial charge in [0, 0.05) is 11.1 Å². The molecule has 2 saturated carbocycles. The van der Waals surface area contributed by atoms with E-state index in [4.69, 9.17) is 18.9 Å². The van der Waals surface area contributed by atoms with Gasteiger partial charge in [-0.2, -0.15) is 4.98 Å². The molecule has 0 aliphatic heterocycles. The third-order valence-corrected chi connectivity index (χ3v) is 8.86. The van der Waals surface area contributed by atoms with E-state index in [0.717, 1.165) is 53.5 Å². The molecule has 0 atom stereocenters. The standard InChI is InChI=1S/C22H23N3O3.C15H17N3O3/c1-14-11-18(16-9-10-16)19(12-17(14)21(26)27-2)20-23-24-22(28-3)25(20)13-15-7-5-4-6-8-15;1-8-6-11(9-4-5-9)12(7-10(8)14(19)20-2)13-16-15(21-3)18-17-13/h4-8,11-12,16H,9-10,13H2,1-3H3;6-7,9H,4-5H2,1-3H3,(H,16,17,18). The summed E-state index contributed by atoms with van der Waals surface area (Å²) < 4.78 is 22.2. The number of nitrogens with zero attached hydrogens (tertiary/aromatic N) is 5. The van der Waals surface area contributed by atoms with Crippen molar-refractivity contribution >= 4 is 11.9 Å². The fraction of sp³-hybridized carbons (Fsp3) is 0.351. The zero-order valence-corrected chi connectivity index (χ0v) is 28.6. The highest BCUT2D eigenvalue weighted by Crippen LogP contribution is 2.46. The summed E-state index contributed by atoms with van der Waals surface area (Å²) in [5, 5.41) is 15.5. The van der Waals surface area contributed by atoms with Crippen molar-refractivity contribution in [3.8, 4) is 34.8 Å². The lowest BCUT2D eigenvalue weighted by Crippen LogP contribution is -2.09. The SMILES string of the molecule is COC(=O)c1cc(-c2nc(OC)n[nH]2)c(C2CC2)cc1C.COC(=O)c1cc(-c2nnc(OC)n2Cc2ccccc2)c(C2CC2)cc1C. The normalized spacial score (nSPS) is 13.7. The molecule has 0 unspecified atom stereocenters. The minimum atomic E-state index is -0.345. The average Bonchev–Trinajstić information content (AvgIpc) is 4.07. The molecule has 254 valence electrons. The Bertz CT molecular complexity index is 1980. The highest BCUT2D eigenvalue weighted by molar-refractivity contribution is 5.93. The summed E-state index contributed by atoms with van der Waals surface area (Å²) in [6.45, 7) is 4.44. The molecular weight excluding hydrogens is 624 g/mol. The lowest BCUT2D eigenvalue weighted by atomic mass is 9.95. The highest BCUT2D eigenvalue weighted by Gasteiger charge is 2.31. The van der Waals surface area contributed by atoms with Crippen LogP contribution in [-0.2, 0) is 16.0 Å². The van der Waals surface area contributed by atoms with Crippen LogP contribution >= 0.6 is 0 Å². The van der Waals surface area contributed by atoms with Crippen LogP contribution in [0.4, 0.5) is 0 Å². The van der Waals surface area contributed by atoms with E-state index >= 15 is 0 Å². The number of H-pyrrole nitrogens is 1. The van der Waals surface area contributed by atoms with Gasteiger partial charge in [0.15, 0.2) is 11.6 Å². The molecule has 2 aliphatic rings. The number of aryl methyl sites for hydroxylation is 2. The second-order valence-electron chi connectivity index (χ2n) is 12.3. The van der Waals surface area contributed by atoms with Crippen molar-refractivity contribution in [2.45, 2.75) is 57.9 Å². The fourth-order valence-electron chi connectivity index (χ4n) is 5.99. The van der Waals surface area contributed by atoms with E-state index in [1.54, 1.807) is 7.11 Å². The van der Waals surface area contributed by atoms with Gasteiger partial charge in [-0.05, 0) is 91.3 Å². The van der Waals surface area contributed by atoms with Gasteiger partial charge in [-0.25, -0.2) is 9.59 Å². The Morgan fingerprint density at radius 3 is 1.86 bits per heavy atom. The molecule has 12 nitrogen and oxygen atoms in total. The largest absolute Gasteiger partial charge is 0.467 e. The van der Waals surface area contributed by atoms with Gasteiger partial charge in [-0.1, -0.05) is 47.6 Å². The number of rotatable bonds is 10. The van der Waals surface area contributed by atoms with E-state index < -0.39 is 0 Å². The summed E-state index contributed by atoms with van der Waals surface area (Å²) in [5.41, 5.74) is 8.25. The average molecular weight is 665 g/mol. The van der Waals surface area contributed by atoms with Crippen LogP contribution in [0.2, 0.25) is 0 Å². The number of nitrogens with one attached hydrogen (secondary N) is 1. The van der Waals surface area contributed by atoms with Crippen molar-refractivity contribution in [3.63, 3.8) is 0 Å². The molecule has 0 spiro atoms. The van der Waals surface area contributed by atoms with E-state index in [1.165, 1.54) is 32.5 Å². The molecule has 49 heavy (non-hydrogen) atoms. The van der Waals surface area contributed by atoms with Crippen LogP contribution in [0.15, 0.2) is 54.6 Å². The maximum absolute atomic E-state index is 12.3. The highest BCUT2D eigenvalue weighted by atomic mass is 16.5. The van der Waals surface area contributed by atoms with Crippen LogP contribution in [-0.4, -0.2) is 70.3 Å². The number of aromatic amines is 1. The van der Waals surface area contributed by atoms with Crippen LogP contribution in [0.25, 0.3) is 22.8 Å². The summed E-state index contributed by atoms with van der Waals surface area (Å²) in [6, 6.07) is 18.7. The number of benzene rings is 3. The Morgan fingerprint density at radius 2 is 1.35 bits per heavy atom. The molecule has 2 aromatic heterocycles. The Morgan fingerprint density at radius 1 is 0.776 bits per heavy atom. The smallest absolute Gasteiger partial charge is 0.338 e. The first kappa shape index (κ1) is 33.4. The summed E-state index contributed by atoms with van der Waals surface area (Å²) in [4.78, 5) is 28.4. The molecule has 2 heterocycles. The van der Waals surface area contributed by atoms with Gasteiger partial charge in [-0.15, -0.1) is 10.2 Å². The van der Waals surface area contributed by atoms with Gasteiger partial charge >= 0.3 is 24.0 Å². The van der Waals surface area contributed by atoms with Crippen molar-refractivity contribution in [2.24, 2.45) is 0 Å². The molecule has 3 aromatic carbocycles. The van der Waals surface area contributed by atoms with Gasteiger partial charge in [0.25, 0.3) is 0 Å². The third kappa shape index (κ3) is 7.18. The molecule has 0 amide bonds. The number of hydrogen-bond acceptors (Lipinski definition) is 10. The lowest BCUT2D eigenvalue weighted by molar-refractivity contribution is 0.0591. The van der Waals surface area contributed by atoms with E-state index in [0.29, 0.717) is 47.2 Å². The molecule has 0 saturated heterocycles. The molecule has 7 rings (SSSR count). The van der Waals surface area contributed by atoms with Gasteiger partial charge in [0.2, 0.25) is 0 Å². The number of carbonyl (C=O) groups is 2. The van der Waals surface area contributed by atoms with Crippen molar-refractivity contribution in [2.75, 3.05) is 28.4 Å². The molecule has 2 fully saturated rings. The van der Waals surface area contributed by atoms with Crippen molar-refractivity contribution in [1.82, 2.24) is 29.9 Å². The predicted octanol–water partition coefficient (Wildman–Crippen LogP) is 6.43. The topological polar surface area (TPSA) is 143 Å². The number of carbonyl (C=O) groups excluding carboxylic acids is 2. The van der Waals surface area contributed by atoms with Crippen LogP contribution in [0.1, 0.15) is 86.1 Å². The molecular formula is C37H40N6O6. The van der Waals surface area contributed by atoms with Gasteiger partial charge in [-0.3, -0.25) is 9.67 Å². The van der Waals surface area contributed by atoms with Gasteiger partial charge in [0.1, 0.15) is 0 Å². The Balaban J connectivity index is 0.000000177. The first-order valence-electron chi connectivity index (χ1n) is 16.2. The number of hydrogen-bond donors (Lipinski definition) is 1. The van der Waals surface area contributed by atoms with Crippen molar-refractivity contribution in [1.29, 1.82) is 0 Å². The number of aromatic nitrogens is 6. The number of esters is 2. The van der Waals surface area contributed by atoms with Crippen LogP contribution in [0.3, 0.4) is 0 Å². The summed E-state index contributed by atoms with van der Waals surface area (Å²) in [6.07, 6.45) is 4.62. The predicted molar refractivity (Wildman–Crippen MR) is 182 cm³/mol. The van der Waals surface area contributed by atoms with Crippen LogP contribution in [0.5, 0.6) is 12.0 Å². The Kier molecular flexibility index (Phi) is 9.75. The molecule has 1 N–H and O–H groups in total. The minimum absolute atomic E-state index is 0.284. The Hall–Kier alpha value is -5.52. The lowest BCUT2D eigenvalue weighted by Gasteiger charge is -2.15. The zero-order valence-electron chi connectivity index (χ0n) is 28.6. The first-order valence-corrected chi connectivity index (χ1v) is 16.2. The second kappa shape index (κ2) is 14.3. The van der Waals surface area contributed by atoms with Crippen molar-refractivity contribution < 1.29 is 28.5 Å². The van der Waals surface area contributed by atoms with E-state index in [2.05, 4.69) is 43.6 Å². The summed E-state index contributed by atoms with van der Waals surface area (Å²) >= 11 is 0. The van der Waals surface area contributed by atoms with Crippen molar-refractivity contribution in [3.05, 3.63) is 93.5 Å². The monoisotopic (exact) mass is 664 g/mol. The summed E-state index contributed by atoms with van der Waals surface area (Å²) in [5.74, 6) is 1.64. The zero-order chi connectivity index (χ0) is 34.7. The maximum Gasteiger partial charge on any atom is 0.338 e. The molecule has 12 heteroatoms. The molecule has 0 bridgehead atoms. The van der Waals surface area contributed by atoms with Gasteiger partial charge in [0.05, 0.1) is 46.1 Å². The maximum atomic E-state index is 12.3. The summed E-state index contributed by atoms with van der Waals surface area (Å²) in [7, 11) is 5.89. The Labute approximate surface area is 284 Å². The van der Waals surface area contributed by atoms with Crippen LogP contribution < -0.4 is 9.47 Å². The third-order valence-electron chi connectivity index (χ3n) is 8.86. The minimum Gasteiger partial charge on any atom is -0.467 e. The van der Waals surface area contributed by atoms with E-state index in [9.17, 15) is 9.59 Å². The second-order valence-corrected chi connectivity index (χ2v) is 12.3. The first-order chi connectivity index (χ1) is 23.8.